The van der Waals surface area contributed by atoms with E-state index in [0.29, 0.717) is 32.5 Å². The lowest BCUT2D eigenvalue weighted by Gasteiger charge is -2.48. The minimum atomic E-state index is -0.820. The number of ether oxygens (including phenoxy) is 2. The molecule has 1 aromatic rings. The van der Waals surface area contributed by atoms with Crippen LogP contribution in [0.5, 0.6) is 0 Å². The summed E-state index contributed by atoms with van der Waals surface area (Å²) in [5.41, 5.74) is -0.430. The van der Waals surface area contributed by atoms with Crippen LogP contribution < -0.4 is 0 Å². The highest BCUT2D eigenvalue weighted by Crippen LogP contribution is 2.37. The summed E-state index contributed by atoms with van der Waals surface area (Å²) in [7, 11) is 1.69. The molecule has 1 amide bonds. The van der Waals surface area contributed by atoms with E-state index in [1.165, 1.54) is 6.07 Å². The van der Waals surface area contributed by atoms with Gasteiger partial charge in [-0.3, -0.25) is 4.79 Å². The van der Waals surface area contributed by atoms with Crippen LogP contribution in [0.3, 0.4) is 0 Å². The monoisotopic (exact) mass is 325 g/mol. The number of benzene rings is 1. The molecule has 2 saturated heterocycles. The van der Waals surface area contributed by atoms with Crippen LogP contribution in [0.15, 0.2) is 18.2 Å². The van der Waals surface area contributed by atoms with Gasteiger partial charge >= 0.3 is 0 Å². The van der Waals surface area contributed by atoms with Gasteiger partial charge in [0.2, 0.25) is 0 Å². The van der Waals surface area contributed by atoms with Crippen LogP contribution in [0.1, 0.15) is 36.0 Å². The Bertz CT molecular complexity index is 585. The first-order valence-electron chi connectivity index (χ1n) is 7.97. The van der Waals surface area contributed by atoms with E-state index < -0.39 is 17.5 Å². The molecule has 4 nitrogen and oxygen atoms in total. The molecule has 2 aliphatic rings. The first kappa shape index (κ1) is 16.3. The standard InChI is InChI=1S/C17H21F2NO3/c1-22-15-3-2-10-23-17(15)6-8-20(9-7-17)16(21)13-5-4-12(18)11-14(13)19/h4-5,11,15H,2-3,6-10H2,1H3/t15-/m0/s1. The molecule has 6 heteroatoms. The molecule has 1 aromatic carbocycles. The van der Waals surface area contributed by atoms with E-state index in [4.69, 9.17) is 9.47 Å². The summed E-state index contributed by atoms with van der Waals surface area (Å²) in [5, 5.41) is 0. The second kappa shape index (κ2) is 6.53. The summed E-state index contributed by atoms with van der Waals surface area (Å²) in [5.74, 6) is -1.91. The maximum Gasteiger partial charge on any atom is 0.256 e. The summed E-state index contributed by atoms with van der Waals surface area (Å²) in [6.07, 6.45) is 3.30. The second-order valence-corrected chi connectivity index (χ2v) is 6.20. The number of carbonyl (C=O) groups excluding carboxylic acids is 1. The number of amides is 1. The SMILES string of the molecule is CO[C@H]1CCCOC12CCN(C(=O)c1ccc(F)cc1F)CC2. The van der Waals surface area contributed by atoms with Gasteiger partial charge in [0.05, 0.1) is 17.3 Å². The molecular formula is C17H21F2NO3. The third-order valence-corrected chi connectivity index (χ3v) is 4.93. The molecular weight excluding hydrogens is 304 g/mol. The minimum Gasteiger partial charge on any atom is -0.378 e. The lowest BCUT2D eigenvalue weighted by molar-refractivity contribution is -0.183. The van der Waals surface area contributed by atoms with Crippen LogP contribution in [0, 0.1) is 11.6 Å². The van der Waals surface area contributed by atoms with Crippen molar-refractivity contribution in [3.8, 4) is 0 Å². The zero-order chi connectivity index (χ0) is 16.4. The van der Waals surface area contributed by atoms with E-state index in [1.54, 1.807) is 12.0 Å². The van der Waals surface area contributed by atoms with E-state index in [0.717, 1.165) is 25.0 Å². The molecule has 23 heavy (non-hydrogen) atoms. The number of piperidine rings is 1. The van der Waals surface area contributed by atoms with Crippen molar-refractivity contribution in [2.75, 3.05) is 26.8 Å². The Morgan fingerprint density at radius 1 is 1.35 bits per heavy atom. The Labute approximate surface area is 134 Å². The van der Waals surface area contributed by atoms with Crippen molar-refractivity contribution < 1.29 is 23.0 Å². The maximum atomic E-state index is 13.8. The molecule has 0 radical (unpaired) electrons. The van der Waals surface area contributed by atoms with Crippen LogP contribution in [-0.4, -0.2) is 49.3 Å². The zero-order valence-corrected chi connectivity index (χ0v) is 13.2. The van der Waals surface area contributed by atoms with Gasteiger partial charge in [0.15, 0.2) is 0 Å². The Kier molecular flexibility index (Phi) is 4.64. The highest BCUT2D eigenvalue weighted by Gasteiger charge is 2.45. The molecule has 2 fully saturated rings. The first-order chi connectivity index (χ1) is 11.1. The fourth-order valence-electron chi connectivity index (χ4n) is 3.62. The van der Waals surface area contributed by atoms with Crippen molar-refractivity contribution in [1.29, 1.82) is 0 Å². The molecule has 1 spiro atoms. The van der Waals surface area contributed by atoms with E-state index >= 15 is 0 Å². The van der Waals surface area contributed by atoms with Gasteiger partial charge in [-0.05, 0) is 37.8 Å². The molecule has 126 valence electrons. The summed E-state index contributed by atoms with van der Waals surface area (Å²) in [4.78, 5) is 14.0. The molecule has 0 aliphatic carbocycles. The normalized spacial score (nSPS) is 24.0. The largest absolute Gasteiger partial charge is 0.378 e. The Morgan fingerprint density at radius 3 is 2.74 bits per heavy atom. The number of carbonyl (C=O) groups is 1. The van der Waals surface area contributed by atoms with Crippen LogP contribution in [0.25, 0.3) is 0 Å². The summed E-state index contributed by atoms with van der Waals surface area (Å²) < 4.78 is 38.3. The smallest absolute Gasteiger partial charge is 0.256 e. The lowest BCUT2D eigenvalue weighted by atomic mass is 9.81. The quantitative estimate of drug-likeness (QED) is 0.839. The molecule has 2 aliphatic heterocycles. The number of nitrogens with zero attached hydrogens (tertiary/aromatic N) is 1. The molecule has 3 rings (SSSR count). The first-order valence-corrected chi connectivity index (χ1v) is 7.97. The van der Waals surface area contributed by atoms with Gasteiger partial charge in [0, 0.05) is 32.9 Å². The zero-order valence-electron chi connectivity index (χ0n) is 13.2. The van der Waals surface area contributed by atoms with Crippen molar-refractivity contribution in [3.63, 3.8) is 0 Å². The molecule has 0 N–H and O–H groups in total. The molecule has 0 unspecified atom stereocenters. The van der Waals surface area contributed by atoms with Crippen LogP contribution in [0.4, 0.5) is 8.78 Å². The van der Waals surface area contributed by atoms with Gasteiger partial charge < -0.3 is 14.4 Å². The molecule has 2 heterocycles. The Balaban J connectivity index is 1.69. The number of methoxy groups -OCH3 is 1. The number of rotatable bonds is 2. The van der Waals surface area contributed by atoms with Crippen molar-refractivity contribution in [2.24, 2.45) is 0 Å². The van der Waals surface area contributed by atoms with E-state index in [2.05, 4.69) is 0 Å². The van der Waals surface area contributed by atoms with Crippen LogP contribution >= 0.6 is 0 Å². The van der Waals surface area contributed by atoms with Crippen molar-refractivity contribution >= 4 is 5.91 Å². The number of hydrogen-bond acceptors (Lipinski definition) is 3. The summed E-state index contributed by atoms with van der Waals surface area (Å²) >= 11 is 0. The average Bonchev–Trinajstić information content (AvgIpc) is 2.55. The topological polar surface area (TPSA) is 38.8 Å². The van der Waals surface area contributed by atoms with Gasteiger partial charge in [-0.2, -0.15) is 0 Å². The van der Waals surface area contributed by atoms with Gasteiger partial charge in [0.25, 0.3) is 5.91 Å². The average molecular weight is 325 g/mol. The number of halogens is 2. The van der Waals surface area contributed by atoms with Gasteiger partial charge in [0.1, 0.15) is 11.6 Å². The second-order valence-electron chi connectivity index (χ2n) is 6.20. The van der Waals surface area contributed by atoms with E-state index in [1.807, 2.05) is 0 Å². The van der Waals surface area contributed by atoms with Crippen molar-refractivity contribution in [2.45, 2.75) is 37.4 Å². The minimum absolute atomic E-state index is 0.0380. The number of hydrogen-bond donors (Lipinski definition) is 0. The van der Waals surface area contributed by atoms with Gasteiger partial charge in [-0.15, -0.1) is 0 Å². The lowest BCUT2D eigenvalue weighted by Crippen LogP contribution is -2.56. The van der Waals surface area contributed by atoms with E-state index in [-0.39, 0.29) is 17.3 Å². The maximum absolute atomic E-state index is 13.8. The van der Waals surface area contributed by atoms with E-state index in [9.17, 15) is 13.6 Å². The molecule has 0 saturated carbocycles. The molecule has 1 atom stereocenters. The number of likely N-dealkylation sites (tertiary alicyclic amines) is 1. The highest BCUT2D eigenvalue weighted by atomic mass is 19.1. The predicted octanol–water partition coefficient (Wildman–Crippen LogP) is 2.77. The fourth-order valence-corrected chi connectivity index (χ4v) is 3.62. The third kappa shape index (κ3) is 3.10. The highest BCUT2D eigenvalue weighted by molar-refractivity contribution is 5.94. The fraction of sp³-hybridized carbons (Fsp3) is 0.588. The van der Waals surface area contributed by atoms with Gasteiger partial charge in [-0.25, -0.2) is 8.78 Å². The predicted molar refractivity (Wildman–Crippen MR) is 80.2 cm³/mol. The summed E-state index contributed by atoms with van der Waals surface area (Å²) in [6, 6.07) is 3.04. The third-order valence-electron chi connectivity index (χ3n) is 4.93. The van der Waals surface area contributed by atoms with Crippen LogP contribution in [-0.2, 0) is 9.47 Å². The molecule has 0 bridgehead atoms. The van der Waals surface area contributed by atoms with Gasteiger partial charge in [-0.1, -0.05) is 0 Å². The Hall–Kier alpha value is -1.53. The summed E-state index contributed by atoms with van der Waals surface area (Å²) in [6.45, 7) is 1.67. The Morgan fingerprint density at radius 2 is 2.09 bits per heavy atom. The van der Waals surface area contributed by atoms with Crippen molar-refractivity contribution in [3.05, 3.63) is 35.4 Å². The van der Waals surface area contributed by atoms with Crippen LogP contribution in [0.2, 0.25) is 0 Å². The molecule has 0 aromatic heterocycles. The van der Waals surface area contributed by atoms with Crippen molar-refractivity contribution in [1.82, 2.24) is 4.90 Å².